The second kappa shape index (κ2) is 6.86. The molecule has 0 saturated carbocycles. The van der Waals surface area contributed by atoms with Crippen LogP contribution in [-0.2, 0) is 4.74 Å². The summed E-state index contributed by atoms with van der Waals surface area (Å²) in [5.74, 6) is 0.361. The summed E-state index contributed by atoms with van der Waals surface area (Å²) in [4.78, 5) is 13.8. The van der Waals surface area contributed by atoms with Crippen LogP contribution in [0.1, 0.15) is 17.3 Å². The van der Waals surface area contributed by atoms with Gasteiger partial charge >= 0.3 is 0 Å². The lowest BCUT2D eigenvalue weighted by atomic mass is 10.1. The topological polar surface area (TPSA) is 64.8 Å². The summed E-state index contributed by atoms with van der Waals surface area (Å²) in [5, 5.41) is 0. The van der Waals surface area contributed by atoms with E-state index in [1.165, 1.54) is 0 Å². The second-order valence-corrected chi connectivity index (χ2v) is 3.87. The fraction of sp³-hybridized carbons (Fsp3) is 0.462. The average molecular weight is 252 g/mol. The van der Waals surface area contributed by atoms with Crippen molar-refractivity contribution in [2.45, 2.75) is 6.92 Å². The van der Waals surface area contributed by atoms with Gasteiger partial charge in [0.15, 0.2) is 0 Å². The maximum Gasteiger partial charge on any atom is 0.259 e. The third-order valence-corrected chi connectivity index (χ3v) is 2.55. The quantitative estimate of drug-likeness (QED) is 0.777. The average Bonchev–Trinajstić information content (AvgIpc) is 2.36. The largest absolute Gasteiger partial charge is 0.493 e. The van der Waals surface area contributed by atoms with Crippen molar-refractivity contribution in [3.8, 4) is 5.75 Å². The fourth-order valence-corrected chi connectivity index (χ4v) is 1.57. The van der Waals surface area contributed by atoms with Crippen molar-refractivity contribution in [2.24, 2.45) is 0 Å². The minimum absolute atomic E-state index is 0.159. The zero-order chi connectivity index (χ0) is 13.5. The molecule has 0 fully saturated rings. The Labute approximate surface area is 107 Å². The number of benzene rings is 1. The summed E-state index contributed by atoms with van der Waals surface area (Å²) in [6.45, 7) is 3.35. The van der Waals surface area contributed by atoms with Crippen molar-refractivity contribution in [3.63, 3.8) is 0 Å². The van der Waals surface area contributed by atoms with E-state index >= 15 is 0 Å². The number of nitrogens with two attached hydrogens (primary N) is 1. The molecule has 1 amide bonds. The fourth-order valence-electron chi connectivity index (χ4n) is 1.57. The number of rotatable bonds is 6. The van der Waals surface area contributed by atoms with E-state index < -0.39 is 0 Å². The number of likely N-dealkylation sites (N-methyl/N-ethyl adjacent to an activating group) is 1. The van der Waals surface area contributed by atoms with Gasteiger partial charge in [-0.05, 0) is 19.1 Å². The molecule has 18 heavy (non-hydrogen) atoms. The molecule has 0 spiro atoms. The monoisotopic (exact) mass is 252 g/mol. The van der Waals surface area contributed by atoms with Gasteiger partial charge in [-0.1, -0.05) is 6.07 Å². The molecule has 0 bridgehead atoms. The summed E-state index contributed by atoms with van der Waals surface area (Å²) < 4.78 is 10.4. The van der Waals surface area contributed by atoms with Crippen molar-refractivity contribution in [1.29, 1.82) is 0 Å². The number of anilines is 1. The maximum atomic E-state index is 12.3. The van der Waals surface area contributed by atoms with Crippen LogP contribution >= 0.6 is 0 Å². The molecule has 1 aromatic rings. The van der Waals surface area contributed by atoms with E-state index in [1.807, 2.05) is 6.92 Å². The van der Waals surface area contributed by atoms with Crippen LogP contribution in [0.5, 0.6) is 5.75 Å². The summed E-state index contributed by atoms with van der Waals surface area (Å²) in [6, 6.07) is 5.21. The van der Waals surface area contributed by atoms with Crippen molar-refractivity contribution in [1.82, 2.24) is 4.90 Å². The van der Waals surface area contributed by atoms with Crippen LogP contribution in [0.2, 0.25) is 0 Å². The first-order valence-electron chi connectivity index (χ1n) is 5.87. The Hall–Kier alpha value is -1.75. The molecule has 0 saturated heterocycles. The Morgan fingerprint density at radius 3 is 2.78 bits per heavy atom. The molecule has 0 atom stereocenters. The van der Waals surface area contributed by atoms with E-state index in [1.54, 1.807) is 37.3 Å². The first-order chi connectivity index (χ1) is 8.61. The first-order valence-corrected chi connectivity index (χ1v) is 5.87. The highest BCUT2D eigenvalue weighted by molar-refractivity contribution is 6.01. The molecule has 5 heteroatoms. The van der Waals surface area contributed by atoms with E-state index in [9.17, 15) is 4.79 Å². The standard InChI is InChI=1S/C13H20N2O3/c1-4-18-11-7-5-6-10(14)12(11)13(16)15(2)8-9-17-3/h5-7H,4,8-9,14H2,1-3H3. The molecular weight excluding hydrogens is 232 g/mol. The van der Waals surface area contributed by atoms with Crippen molar-refractivity contribution in [3.05, 3.63) is 23.8 Å². The molecule has 0 radical (unpaired) electrons. The van der Waals surface area contributed by atoms with E-state index in [0.29, 0.717) is 36.8 Å². The van der Waals surface area contributed by atoms with Gasteiger partial charge in [0.25, 0.3) is 5.91 Å². The van der Waals surface area contributed by atoms with Gasteiger partial charge in [-0.3, -0.25) is 4.79 Å². The maximum absolute atomic E-state index is 12.3. The van der Waals surface area contributed by atoms with Crippen molar-refractivity contribution < 1.29 is 14.3 Å². The predicted octanol–water partition coefficient (Wildman–Crippen LogP) is 1.39. The zero-order valence-corrected chi connectivity index (χ0v) is 11.1. The number of nitrogen functional groups attached to an aromatic ring is 1. The predicted molar refractivity (Wildman–Crippen MR) is 70.9 cm³/mol. The lowest BCUT2D eigenvalue weighted by molar-refractivity contribution is 0.0741. The van der Waals surface area contributed by atoms with Crippen LogP contribution < -0.4 is 10.5 Å². The van der Waals surface area contributed by atoms with E-state index in [0.717, 1.165) is 0 Å². The summed E-state index contributed by atoms with van der Waals surface area (Å²) in [5.41, 5.74) is 6.70. The highest BCUT2D eigenvalue weighted by Crippen LogP contribution is 2.25. The molecule has 1 aromatic carbocycles. The van der Waals surface area contributed by atoms with Crippen LogP contribution in [0.4, 0.5) is 5.69 Å². The minimum Gasteiger partial charge on any atom is -0.493 e. The number of ether oxygens (including phenoxy) is 2. The summed E-state index contributed by atoms with van der Waals surface area (Å²) in [7, 11) is 3.31. The molecule has 0 aliphatic heterocycles. The summed E-state index contributed by atoms with van der Waals surface area (Å²) >= 11 is 0. The van der Waals surface area contributed by atoms with Gasteiger partial charge in [0.1, 0.15) is 11.3 Å². The molecule has 0 aliphatic rings. The second-order valence-electron chi connectivity index (χ2n) is 3.87. The highest BCUT2D eigenvalue weighted by atomic mass is 16.5. The smallest absolute Gasteiger partial charge is 0.259 e. The zero-order valence-electron chi connectivity index (χ0n) is 11.1. The SMILES string of the molecule is CCOc1cccc(N)c1C(=O)N(C)CCOC. The minimum atomic E-state index is -0.159. The Balaban J connectivity index is 2.96. The molecule has 0 unspecified atom stereocenters. The van der Waals surface area contributed by atoms with E-state index in [-0.39, 0.29) is 5.91 Å². The third-order valence-electron chi connectivity index (χ3n) is 2.55. The molecule has 1 rings (SSSR count). The number of nitrogens with zero attached hydrogens (tertiary/aromatic N) is 1. The molecule has 5 nitrogen and oxygen atoms in total. The van der Waals surface area contributed by atoms with Gasteiger partial charge in [0, 0.05) is 26.4 Å². The number of hydrogen-bond donors (Lipinski definition) is 1. The van der Waals surface area contributed by atoms with Gasteiger partial charge in [0.05, 0.1) is 13.2 Å². The number of methoxy groups -OCH3 is 1. The van der Waals surface area contributed by atoms with Gasteiger partial charge in [-0.15, -0.1) is 0 Å². The molecule has 100 valence electrons. The molecule has 0 aliphatic carbocycles. The molecular formula is C13H20N2O3. The van der Waals surface area contributed by atoms with Crippen molar-refractivity contribution in [2.75, 3.05) is 39.6 Å². The van der Waals surface area contributed by atoms with Crippen LogP contribution in [0.25, 0.3) is 0 Å². The first kappa shape index (κ1) is 14.3. The normalized spacial score (nSPS) is 10.2. The van der Waals surface area contributed by atoms with Crippen LogP contribution in [-0.4, -0.2) is 44.7 Å². The van der Waals surface area contributed by atoms with Crippen molar-refractivity contribution >= 4 is 11.6 Å². The van der Waals surface area contributed by atoms with Gasteiger partial charge in [-0.2, -0.15) is 0 Å². The third kappa shape index (κ3) is 3.37. The number of carbonyl (C=O) groups excluding carboxylic acids is 1. The Morgan fingerprint density at radius 2 is 2.17 bits per heavy atom. The Kier molecular flexibility index (Phi) is 5.45. The molecule has 2 N–H and O–H groups in total. The van der Waals surface area contributed by atoms with Gasteiger partial charge in [-0.25, -0.2) is 0 Å². The van der Waals surface area contributed by atoms with Crippen LogP contribution in [0.3, 0.4) is 0 Å². The highest BCUT2D eigenvalue weighted by Gasteiger charge is 2.19. The van der Waals surface area contributed by atoms with Crippen LogP contribution in [0.15, 0.2) is 18.2 Å². The molecule has 0 heterocycles. The number of amides is 1. The lowest BCUT2D eigenvalue weighted by Gasteiger charge is -2.19. The van der Waals surface area contributed by atoms with E-state index in [2.05, 4.69) is 0 Å². The number of carbonyl (C=O) groups is 1. The molecule has 0 aromatic heterocycles. The summed E-state index contributed by atoms with van der Waals surface area (Å²) in [6.07, 6.45) is 0. The van der Waals surface area contributed by atoms with Crippen LogP contribution in [0, 0.1) is 0 Å². The lowest BCUT2D eigenvalue weighted by Crippen LogP contribution is -2.30. The van der Waals surface area contributed by atoms with E-state index in [4.69, 9.17) is 15.2 Å². The van der Waals surface area contributed by atoms with Gasteiger partial charge < -0.3 is 20.1 Å². The Morgan fingerprint density at radius 1 is 1.44 bits per heavy atom. The Bertz CT molecular complexity index is 407. The number of hydrogen-bond acceptors (Lipinski definition) is 4. The van der Waals surface area contributed by atoms with Gasteiger partial charge in [0.2, 0.25) is 0 Å².